The van der Waals surface area contributed by atoms with Crippen molar-refractivity contribution in [3.05, 3.63) is 0 Å². The van der Waals surface area contributed by atoms with Gasteiger partial charge in [0.1, 0.15) is 0 Å². The lowest BCUT2D eigenvalue weighted by Crippen LogP contribution is -2.66. The smallest absolute Gasteiger partial charge is 0.317 e. The minimum atomic E-state index is -1.22. The van der Waals surface area contributed by atoms with Gasteiger partial charge < -0.3 is 25.3 Å². The number of hydrogen-bond donors (Lipinski definition) is 4. The molecule has 0 unspecified atom stereocenters. The molecule has 0 bridgehead atoms. The van der Waals surface area contributed by atoms with E-state index in [-0.39, 0.29) is 57.0 Å². The van der Waals surface area contributed by atoms with Gasteiger partial charge in [-0.2, -0.15) is 0 Å². The maximum atomic E-state index is 14.0. The molecule has 49 heavy (non-hydrogen) atoms. The van der Waals surface area contributed by atoms with Gasteiger partial charge in [0, 0.05) is 45.2 Å². The van der Waals surface area contributed by atoms with Crippen LogP contribution in [-0.2, 0) is 24.0 Å². The number of nitrogens with zero attached hydrogens (tertiary/aromatic N) is 4. The van der Waals surface area contributed by atoms with Crippen LogP contribution in [0.2, 0.25) is 0 Å². The molecule has 2 aliphatic rings. The van der Waals surface area contributed by atoms with Crippen molar-refractivity contribution in [1.29, 1.82) is 0 Å². The molecule has 1 heterocycles. The molecule has 0 aromatic carbocycles. The highest BCUT2D eigenvalue weighted by Gasteiger charge is 2.50. The quantitative estimate of drug-likeness (QED) is 0.0994. The fourth-order valence-corrected chi connectivity index (χ4v) is 7.97. The van der Waals surface area contributed by atoms with Crippen molar-refractivity contribution in [1.82, 2.24) is 19.6 Å². The fraction of sp³-hybridized carbons (Fsp3) is 0.861. The molecule has 0 spiro atoms. The molecule has 1 aliphatic heterocycles. The maximum Gasteiger partial charge on any atom is 0.317 e. The zero-order valence-corrected chi connectivity index (χ0v) is 30.2. The molecule has 13 heteroatoms. The summed E-state index contributed by atoms with van der Waals surface area (Å²) in [6.45, 7) is 4.68. The molecule has 0 atom stereocenters. The van der Waals surface area contributed by atoms with Crippen LogP contribution >= 0.6 is 0 Å². The number of carboxylic acid groups (broad SMARTS) is 4. The van der Waals surface area contributed by atoms with Crippen LogP contribution in [0.25, 0.3) is 0 Å². The van der Waals surface area contributed by atoms with Gasteiger partial charge in [-0.05, 0) is 44.4 Å². The number of aliphatic carboxylic acids is 4. The Morgan fingerprint density at radius 1 is 0.592 bits per heavy atom. The molecule has 282 valence electrons. The average molecular weight is 697 g/mol. The predicted octanol–water partition coefficient (Wildman–Crippen LogP) is 4.34. The van der Waals surface area contributed by atoms with Gasteiger partial charge in [-0.25, -0.2) is 0 Å². The molecule has 1 aliphatic carbocycles. The summed E-state index contributed by atoms with van der Waals surface area (Å²) >= 11 is 0. The Kier molecular flexibility index (Phi) is 19.8. The Morgan fingerprint density at radius 2 is 1.00 bits per heavy atom. The number of rotatable bonds is 25. The first-order valence-corrected chi connectivity index (χ1v) is 18.8. The van der Waals surface area contributed by atoms with Crippen LogP contribution in [0, 0.1) is 11.8 Å². The number of hydrogen-bond acceptors (Lipinski definition) is 8. The highest BCUT2D eigenvalue weighted by atomic mass is 16.4. The predicted molar refractivity (Wildman–Crippen MR) is 187 cm³/mol. The largest absolute Gasteiger partial charge is 0.480 e. The summed E-state index contributed by atoms with van der Waals surface area (Å²) in [5.41, 5.74) is -1.15. The van der Waals surface area contributed by atoms with Crippen LogP contribution in [0.1, 0.15) is 117 Å². The number of carboxylic acids is 4. The molecular formula is C36H64N4O9. The molecule has 1 saturated heterocycles. The van der Waals surface area contributed by atoms with Gasteiger partial charge in [0.15, 0.2) is 0 Å². The monoisotopic (exact) mass is 696 g/mol. The maximum absolute atomic E-state index is 14.0. The number of carbonyl (C=O) groups excluding carboxylic acids is 1. The lowest BCUT2D eigenvalue weighted by atomic mass is 9.69. The van der Waals surface area contributed by atoms with Crippen molar-refractivity contribution in [3.8, 4) is 0 Å². The highest BCUT2D eigenvalue weighted by molar-refractivity contribution is 5.79. The molecule has 0 aromatic heterocycles. The van der Waals surface area contributed by atoms with Crippen molar-refractivity contribution >= 4 is 29.8 Å². The SMILES string of the molecule is CCCCCCCCN(CCCCCCCC)C(=O)C1CCC(C2(N(CC(=O)O)CC(=O)O)CN(CC(=O)O)CCN(CC(=O)O)C2)CC1. The fourth-order valence-electron chi connectivity index (χ4n) is 7.97. The van der Waals surface area contributed by atoms with E-state index in [0.717, 1.165) is 38.8 Å². The summed E-state index contributed by atoms with van der Waals surface area (Å²) in [6.07, 6.45) is 15.9. The molecule has 1 saturated carbocycles. The average Bonchev–Trinajstić information content (AvgIpc) is 3.21. The van der Waals surface area contributed by atoms with Gasteiger partial charge in [-0.1, -0.05) is 78.1 Å². The lowest BCUT2D eigenvalue weighted by Gasteiger charge is -2.52. The zero-order chi connectivity index (χ0) is 36.2. The molecule has 0 radical (unpaired) electrons. The number of amides is 1. The summed E-state index contributed by atoms with van der Waals surface area (Å²) in [4.78, 5) is 68.7. The molecular weight excluding hydrogens is 632 g/mol. The Labute approximate surface area is 293 Å². The van der Waals surface area contributed by atoms with Gasteiger partial charge in [-0.15, -0.1) is 0 Å². The van der Waals surface area contributed by atoms with Crippen LogP contribution < -0.4 is 0 Å². The van der Waals surface area contributed by atoms with Crippen LogP contribution in [-0.4, -0.2) is 141 Å². The Bertz CT molecular complexity index is 976. The van der Waals surface area contributed by atoms with E-state index in [1.165, 1.54) is 56.3 Å². The van der Waals surface area contributed by atoms with E-state index in [1.807, 2.05) is 0 Å². The minimum absolute atomic E-state index is 0.0848. The zero-order valence-electron chi connectivity index (χ0n) is 30.2. The standard InChI is InChI=1S/C36H64N4O9/c1-3-5-7-9-11-13-19-39(20-14-12-10-8-6-4-2)35(49)29-15-17-30(18-16-29)36(40(25-33(45)46)26-34(47)48)27-37(23-31(41)42)21-22-38(28-36)24-32(43)44/h29-30H,3-28H2,1-2H3,(H,41,42)(H,43,44)(H,45,46)(H,47,48). The second-order valence-corrected chi connectivity index (χ2v) is 14.4. The van der Waals surface area contributed by atoms with Crippen molar-refractivity contribution in [2.45, 2.75) is 122 Å². The van der Waals surface area contributed by atoms with E-state index in [2.05, 4.69) is 18.7 Å². The molecule has 0 aromatic rings. The van der Waals surface area contributed by atoms with Gasteiger partial charge in [0.2, 0.25) is 5.91 Å². The second-order valence-electron chi connectivity index (χ2n) is 14.4. The summed E-state index contributed by atoms with van der Waals surface area (Å²) < 4.78 is 0. The van der Waals surface area contributed by atoms with Crippen LogP contribution in [0.5, 0.6) is 0 Å². The van der Waals surface area contributed by atoms with Gasteiger partial charge in [-0.3, -0.25) is 38.7 Å². The molecule has 2 fully saturated rings. The first kappa shape index (κ1) is 42.4. The Hall–Kier alpha value is -2.77. The van der Waals surface area contributed by atoms with E-state index in [1.54, 1.807) is 9.80 Å². The van der Waals surface area contributed by atoms with E-state index in [9.17, 15) is 44.4 Å². The molecule has 1 amide bonds. The number of unbranched alkanes of at least 4 members (excludes halogenated alkanes) is 10. The van der Waals surface area contributed by atoms with Crippen LogP contribution in [0.15, 0.2) is 0 Å². The third-order valence-corrected chi connectivity index (χ3v) is 10.4. The number of carbonyl (C=O) groups is 5. The topological polar surface area (TPSA) is 179 Å². The van der Waals surface area contributed by atoms with Crippen molar-refractivity contribution < 1.29 is 44.4 Å². The first-order valence-electron chi connectivity index (χ1n) is 18.8. The molecule has 4 N–H and O–H groups in total. The Balaban J connectivity index is 2.31. The van der Waals surface area contributed by atoms with Gasteiger partial charge in [0.05, 0.1) is 31.7 Å². The van der Waals surface area contributed by atoms with Crippen molar-refractivity contribution in [3.63, 3.8) is 0 Å². The van der Waals surface area contributed by atoms with Crippen molar-refractivity contribution in [2.24, 2.45) is 11.8 Å². The molecule has 13 nitrogen and oxygen atoms in total. The Morgan fingerprint density at radius 3 is 1.39 bits per heavy atom. The summed E-state index contributed by atoms with van der Waals surface area (Å²) in [5, 5.41) is 39.1. The van der Waals surface area contributed by atoms with E-state index in [4.69, 9.17) is 0 Å². The van der Waals surface area contributed by atoms with Gasteiger partial charge in [0.25, 0.3) is 0 Å². The van der Waals surface area contributed by atoms with Crippen molar-refractivity contribution in [2.75, 3.05) is 65.4 Å². The highest BCUT2D eigenvalue weighted by Crippen LogP contribution is 2.41. The van der Waals surface area contributed by atoms with E-state index < -0.39 is 42.5 Å². The summed E-state index contributed by atoms with van der Waals surface area (Å²) in [7, 11) is 0. The third-order valence-electron chi connectivity index (χ3n) is 10.4. The normalized spacial score (nSPS) is 20.1. The summed E-state index contributed by atoms with van der Waals surface area (Å²) in [5.74, 6) is -4.90. The van der Waals surface area contributed by atoms with Crippen LogP contribution in [0.4, 0.5) is 0 Å². The second kappa shape index (κ2) is 22.8. The first-order chi connectivity index (χ1) is 23.4. The van der Waals surface area contributed by atoms with Gasteiger partial charge >= 0.3 is 23.9 Å². The van der Waals surface area contributed by atoms with E-state index >= 15 is 0 Å². The third kappa shape index (κ3) is 15.3. The van der Waals surface area contributed by atoms with Crippen LogP contribution in [0.3, 0.4) is 0 Å². The lowest BCUT2D eigenvalue weighted by molar-refractivity contribution is -0.150. The molecule has 2 rings (SSSR count). The minimum Gasteiger partial charge on any atom is -0.480 e. The summed E-state index contributed by atoms with van der Waals surface area (Å²) in [6, 6.07) is 0. The van der Waals surface area contributed by atoms with E-state index in [0.29, 0.717) is 25.7 Å².